The first kappa shape index (κ1) is 12.0. The maximum absolute atomic E-state index is 6.17. The molecule has 0 unspecified atom stereocenters. The maximum Gasteiger partial charge on any atom is 0.132 e. The van der Waals surface area contributed by atoms with Crippen LogP contribution in [-0.4, -0.2) is 9.55 Å². The van der Waals surface area contributed by atoms with Crippen LogP contribution in [0.5, 0.6) is 0 Å². The molecule has 5 heteroatoms. The first-order valence-electron chi connectivity index (χ1n) is 4.65. The Morgan fingerprint density at radius 1 is 1.31 bits per heavy atom. The summed E-state index contributed by atoms with van der Waals surface area (Å²) in [5, 5.41) is 1.25. The van der Waals surface area contributed by atoms with Crippen LogP contribution in [0.1, 0.15) is 5.82 Å². The number of hydrogen-bond donors (Lipinski definition) is 0. The third-order valence-corrected chi connectivity index (χ3v) is 3.56. The molecule has 0 aliphatic heterocycles. The van der Waals surface area contributed by atoms with E-state index >= 15 is 0 Å². The molecule has 0 amide bonds. The van der Waals surface area contributed by atoms with Crippen molar-refractivity contribution >= 4 is 39.1 Å². The Balaban J connectivity index is 2.67. The fourth-order valence-electron chi connectivity index (χ4n) is 1.54. The minimum absolute atomic E-state index is 0.621. The number of aromatic nitrogens is 2. The van der Waals surface area contributed by atoms with Gasteiger partial charge in [-0.05, 0) is 41.1 Å². The van der Waals surface area contributed by atoms with Gasteiger partial charge in [0.05, 0.1) is 10.7 Å². The molecular formula is C11H9BrCl2N2. The largest absolute Gasteiger partial charge is 0.330 e. The van der Waals surface area contributed by atoms with Gasteiger partial charge in [-0.25, -0.2) is 4.98 Å². The van der Waals surface area contributed by atoms with Crippen molar-refractivity contribution in [3.05, 3.63) is 38.7 Å². The van der Waals surface area contributed by atoms with E-state index in [9.17, 15) is 0 Å². The molecule has 0 N–H and O–H groups in total. The molecule has 0 aliphatic rings. The predicted molar refractivity (Wildman–Crippen MR) is 71.1 cm³/mol. The van der Waals surface area contributed by atoms with Gasteiger partial charge in [-0.3, -0.25) is 0 Å². The Kier molecular flexibility index (Phi) is 3.29. The zero-order chi connectivity index (χ0) is 11.9. The molecular weight excluding hydrogens is 311 g/mol. The van der Waals surface area contributed by atoms with Crippen molar-refractivity contribution in [3.63, 3.8) is 0 Å². The molecule has 2 aromatic rings. The second-order valence-electron chi connectivity index (χ2n) is 3.48. The number of imidazole rings is 1. The molecule has 0 saturated heterocycles. The van der Waals surface area contributed by atoms with Crippen LogP contribution in [-0.2, 0) is 7.05 Å². The van der Waals surface area contributed by atoms with Crippen LogP contribution >= 0.6 is 39.1 Å². The van der Waals surface area contributed by atoms with Crippen molar-refractivity contribution in [2.75, 3.05) is 0 Å². The lowest BCUT2D eigenvalue weighted by atomic mass is 10.1. The van der Waals surface area contributed by atoms with Gasteiger partial charge in [0.2, 0.25) is 0 Å². The minimum atomic E-state index is 0.621. The molecule has 0 fully saturated rings. The van der Waals surface area contributed by atoms with Crippen molar-refractivity contribution in [2.24, 2.45) is 7.05 Å². The maximum atomic E-state index is 6.17. The predicted octanol–water partition coefficient (Wildman–Crippen LogP) is 4.46. The average Bonchev–Trinajstić information content (AvgIpc) is 2.43. The Morgan fingerprint density at radius 3 is 2.50 bits per heavy atom. The summed E-state index contributed by atoms with van der Waals surface area (Å²) in [6.45, 7) is 1.94. The Morgan fingerprint density at radius 2 is 2.00 bits per heavy atom. The Labute approximate surface area is 112 Å². The number of halogens is 3. The Hall–Kier alpha value is -0.510. The second-order valence-corrected chi connectivity index (χ2v) is 5.08. The van der Waals surface area contributed by atoms with Gasteiger partial charge in [0, 0.05) is 17.6 Å². The summed E-state index contributed by atoms with van der Waals surface area (Å²) in [5.74, 6) is 0.924. The van der Waals surface area contributed by atoms with Gasteiger partial charge in [-0.2, -0.15) is 0 Å². The summed E-state index contributed by atoms with van der Waals surface area (Å²) in [7, 11) is 1.95. The molecule has 0 atom stereocenters. The fraction of sp³-hybridized carbons (Fsp3) is 0.182. The van der Waals surface area contributed by atoms with Crippen LogP contribution in [0.4, 0.5) is 0 Å². The lowest BCUT2D eigenvalue weighted by Crippen LogP contribution is -1.94. The van der Waals surface area contributed by atoms with Gasteiger partial charge < -0.3 is 4.57 Å². The normalized spacial score (nSPS) is 10.8. The minimum Gasteiger partial charge on any atom is -0.330 e. The lowest BCUT2D eigenvalue weighted by molar-refractivity contribution is 0.865. The molecule has 1 aromatic carbocycles. The molecule has 0 saturated carbocycles. The summed E-state index contributed by atoms with van der Waals surface area (Å²) < 4.78 is 2.77. The molecule has 0 radical (unpaired) electrons. The van der Waals surface area contributed by atoms with Crippen LogP contribution in [0.3, 0.4) is 0 Å². The van der Waals surface area contributed by atoms with Gasteiger partial charge in [-0.15, -0.1) is 0 Å². The van der Waals surface area contributed by atoms with Gasteiger partial charge in [0.1, 0.15) is 10.4 Å². The first-order valence-corrected chi connectivity index (χ1v) is 6.20. The van der Waals surface area contributed by atoms with Gasteiger partial charge in [0.15, 0.2) is 0 Å². The monoisotopic (exact) mass is 318 g/mol. The van der Waals surface area contributed by atoms with E-state index in [2.05, 4.69) is 20.9 Å². The van der Waals surface area contributed by atoms with E-state index in [1.807, 2.05) is 30.7 Å². The summed E-state index contributed by atoms with van der Waals surface area (Å²) in [6, 6.07) is 5.44. The van der Waals surface area contributed by atoms with Crippen molar-refractivity contribution in [1.29, 1.82) is 0 Å². The molecule has 1 heterocycles. The van der Waals surface area contributed by atoms with Crippen molar-refractivity contribution in [1.82, 2.24) is 9.55 Å². The number of rotatable bonds is 1. The standard InChI is InChI=1S/C11H9BrCl2N2/c1-6-15-11(12)10(16(6)2)8-4-3-7(13)5-9(8)14/h3-5H,1-2H3. The van der Waals surface area contributed by atoms with Crippen LogP contribution in [0.15, 0.2) is 22.8 Å². The van der Waals surface area contributed by atoms with E-state index in [4.69, 9.17) is 23.2 Å². The number of benzene rings is 1. The second kappa shape index (κ2) is 4.40. The zero-order valence-electron chi connectivity index (χ0n) is 8.76. The van der Waals surface area contributed by atoms with Crippen LogP contribution in [0.25, 0.3) is 11.3 Å². The first-order chi connectivity index (χ1) is 7.50. The van der Waals surface area contributed by atoms with Crippen LogP contribution in [0, 0.1) is 6.92 Å². The smallest absolute Gasteiger partial charge is 0.132 e. The molecule has 2 nitrogen and oxygen atoms in total. The summed E-state index contributed by atoms with van der Waals surface area (Å²) in [4.78, 5) is 4.34. The SMILES string of the molecule is Cc1nc(Br)c(-c2ccc(Cl)cc2Cl)n1C. The molecule has 0 bridgehead atoms. The van der Waals surface area contributed by atoms with Crippen molar-refractivity contribution < 1.29 is 0 Å². The van der Waals surface area contributed by atoms with E-state index in [1.165, 1.54) is 0 Å². The number of aryl methyl sites for hydroxylation is 1. The van der Waals surface area contributed by atoms with Crippen LogP contribution < -0.4 is 0 Å². The number of hydrogen-bond acceptors (Lipinski definition) is 1. The zero-order valence-corrected chi connectivity index (χ0v) is 11.9. The highest BCUT2D eigenvalue weighted by atomic mass is 79.9. The molecule has 1 aromatic heterocycles. The van der Waals surface area contributed by atoms with Gasteiger partial charge in [-0.1, -0.05) is 23.2 Å². The van der Waals surface area contributed by atoms with E-state index in [0.717, 1.165) is 21.7 Å². The lowest BCUT2D eigenvalue weighted by Gasteiger charge is -2.07. The van der Waals surface area contributed by atoms with Crippen molar-refractivity contribution in [2.45, 2.75) is 6.92 Å². The van der Waals surface area contributed by atoms with E-state index in [1.54, 1.807) is 6.07 Å². The molecule has 0 aliphatic carbocycles. The molecule has 2 rings (SSSR count). The van der Waals surface area contributed by atoms with Gasteiger partial charge in [0.25, 0.3) is 0 Å². The highest BCUT2D eigenvalue weighted by Crippen LogP contribution is 2.34. The van der Waals surface area contributed by atoms with E-state index in [-0.39, 0.29) is 0 Å². The summed E-state index contributed by atoms with van der Waals surface area (Å²) in [5.41, 5.74) is 1.88. The average molecular weight is 320 g/mol. The van der Waals surface area contributed by atoms with E-state index in [0.29, 0.717) is 10.0 Å². The fourth-order valence-corrected chi connectivity index (χ4v) is 2.78. The van der Waals surface area contributed by atoms with Crippen LogP contribution in [0.2, 0.25) is 10.0 Å². The third kappa shape index (κ3) is 1.99. The highest BCUT2D eigenvalue weighted by Gasteiger charge is 2.14. The van der Waals surface area contributed by atoms with Gasteiger partial charge >= 0.3 is 0 Å². The topological polar surface area (TPSA) is 17.8 Å². The molecule has 0 spiro atoms. The summed E-state index contributed by atoms with van der Waals surface area (Å²) >= 11 is 15.5. The van der Waals surface area contributed by atoms with Crippen molar-refractivity contribution in [3.8, 4) is 11.3 Å². The Bertz CT molecular complexity index is 549. The highest BCUT2D eigenvalue weighted by molar-refractivity contribution is 9.10. The summed E-state index contributed by atoms with van der Waals surface area (Å²) in [6.07, 6.45) is 0. The molecule has 16 heavy (non-hydrogen) atoms. The third-order valence-electron chi connectivity index (χ3n) is 2.46. The molecule has 84 valence electrons. The quantitative estimate of drug-likeness (QED) is 0.758. The van der Waals surface area contributed by atoms with E-state index < -0.39 is 0 Å². The number of nitrogens with zero attached hydrogens (tertiary/aromatic N) is 2.